The minimum Gasteiger partial charge on any atom is -0.355 e. The van der Waals surface area contributed by atoms with E-state index in [-0.39, 0.29) is 11.8 Å². The number of nitrogens with one attached hydrogen (secondary N) is 1. The van der Waals surface area contributed by atoms with Crippen molar-refractivity contribution in [3.05, 3.63) is 71.8 Å². The first-order valence-corrected chi connectivity index (χ1v) is 10.1. The number of hydrogen-bond acceptors (Lipinski definition) is 4. The van der Waals surface area contributed by atoms with E-state index in [4.69, 9.17) is 0 Å². The van der Waals surface area contributed by atoms with Gasteiger partial charge in [0.15, 0.2) is 5.82 Å². The summed E-state index contributed by atoms with van der Waals surface area (Å²) in [6.45, 7) is 5.73. The summed E-state index contributed by atoms with van der Waals surface area (Å²) in [5.41, 5.74) is 5.22. The fraction of sp³-hybridized carbons (Fsp3) is 0.292. The van der Waals surface area contributed by atoms with E-state index >= 15 is 0 Å². The van der Waals surface area contributed by atoms with Crippen molar-refractivity contribution in [2.75, 3.05) is 23.3 Å². The molecule has 0 bridgehead atoms. The molecule has 0 atom stereocenters. The van der Waals surface area contributed by atoms with Gasteiger partial charge in [-0.3, -0.25) is 4.79 Å². The van der Waals surface area contributed by atoms with Crippen molar-refractivity contribution in [1.82, 2.24) is 10.2 Å². The van der Waals surface area contributed by atoms with Gasteiger partial charge < -0.3 is 10.2 Å². The maximum Gasteiger partial charge on any atom is 0.227 e. The van der Waals surface area contributed by atoms with Gasteiger partial charge in [-0.15, -0.1) is 10.2 Å². The Morgan fingerprint density at radius 3 is 2.07 bits per heavy atom. The second-order valence-electron chi connectivity index (χ2n) is 7.76. The zero-order chi connectivity index (χ0) is 20.2. The molecule has 5 heteroatoms. The minimum absolute atomic E-state index is 0.0346. The highest BCUT2D eigenvalue weighted by Crippen LogP contribution is 2.24. The van der Waals surface area contributed by atoms with E-state index in [9.17, 15) is 4.79 Å². The Morgan fingerprint density at radius 1 is 0.862 bits per heavy atom. The first kappa shape index (κ1) is 19.1. The van der Waals surface area contributed by atoms with E-state index in [0.717, 1.165) is 48.7 Å². The normalized spacial score (nSPS) is 14.6. The van der Waals surface area contributed by atoms with Crippen molar-refractivity contribution in [2.45, 2.75) is 26.7 Å². The molecule has 2 aromatic carbocycles. The zero-order valence-electron chi connectivity index (χ0n) is 16.9. The van der Waals surface area contributed by atoms with Gasteiger partial charge in [0, 0.05) is 30.3 Å². The smallest absolute Gasteiger partial charge is 0.227 e. The van der Waals surface area contributed by atoms with Crippen LogP contribution >= 0.6 is 0 Å². The molecular weight excluding hydrogens is 360 g/mol. The molecule has 1 fully saturated rings. The Labute approximate surface area is 171 Å². The Kier molecular flexibility index (Phi) is 5.56. The summed E-state index contributed by atoms with van der Waals surface area (Å²) in [7, 11) is 0. The molecule has 1 amide bonds. The number of aromatic nitrogens is 2. The lowest BCUT2D eigenvalue weighted by atomic mass is 9.95. The van der Waals surface area contributed by atoms with Gasteiger partial charge in [-0.05, 0) is 51.0 Å². The van der Waals surface area contributed by atoms with Crippen molar-refractivity contribution in [2.24, 2.45) is 5.92 Å². The van der Waals surface area contributed by atoms with Crippen LogP contribution in [0.15, 0.2) is 60.7 Å². The molecule has 0 radical (unpaired) electrons. The number of carbonyl (C=O) groups excluding carboxylic acids is 1. The number of hydrogen-bond donors (Lipinski definition) is 1. The highest BCUT2D eigenvalue weighted by Gasteiger charge is 2.25. The Hall–Kier alpha value is -3.21. The minimum atomic E-state index is 0.0346. The lowest BCUT2D eigenvalue weighted by Gasteiger charge is -2.31. The highest BCUT2D eigenvalue weighted by molar-refractivity contribution is 5.92. The Bertz CT molecular complexity index is 957. The monoisotopic (exact) mass is 386 g/mol. The molecule has 148 valence electrons. The van der Waals surface area contributed by atoms with Crippen LogP contribution in [0.1, 0.15) is 24.0 Å². The van der Waals surface area contributed by atoms with Gasteiger partial charge in [-0.1, -0.05) is 47.5 Å². The number of benzene rings is 2. The van der Waals surface area contributed by atoms with Gasteiger partial charge in [-0.2, -0.15) is 0 Å². The molecule has 1 N–H and O–H groups in total. The van der Waals surface area contributed by atoms with Gasteiger partial charge in [0.05, 0.1) is 5.69 Å². The molecule has 1 aliphatic heterocycles. The van der Waals surface area contributed by atoms with Crippen LogP contribution in [0.2, 0.25) is 0 Å². The Balaban J connectivity index is 1.33. The summed E-state index contributed by atoms with van der Waals surface area (Å²) < 4.78 is 0. The molecule has 1 saturated heterocycles. The maximum atomic E-state index is 12.6. The summed E-state index contributed by atoms with van der Waals surface area (Å²) in [5.74, 6) is 1.01. The fourth-order valence-corrected chi connectivity index (χ4v) is 3.62. The largest absolute Gasteiger partial charge is 0.355 e. The second kappa shape index (κ2) is 8.43. The Morgan fingerprint density at radius 2 is 1.48 bits per heavy atom. The molecule has 2 heterocycles. The number of nitrogens with zero attached hydrogens (tertiary/aromatic N) is 3. The zero-order valence-corrected chi connectivity index (χ0v) is 16.9. The third kappa shape index (κ3) is 4.62. The molecule has 1 aliphatic rings. The molecular formula is C24H26N4O. The van der Waals surface area contributed by atoms with Crippen molar-refractivity contribution in [3.63, 3.8) is 0 Å². The SMILES string of the molecule is Cc1ccc(NC(=O)C2CCN(c3ccc(-c4ccc(C)cc4)nn3)CC2)cc1. The third-order valence-corrected chi connectivity index (χ3v) is 5.51. The molecule has 3 aromatic rings. The van der Waals surface area contributed by atoms with Gasteiger partial charge in [-0.25, -0.2) is 0 Å². The van der Waals surface area contributed by atoms with Gasteiger partial charge in [0.25, 0.3) is 0 Å². The summed E-state index contributed by atoms with van der Waals surface area (Å²) >= 11 is 0. The molecule has 0 aliphatic carbocycles. The molecule has 0 spiro atoms. The van der Waals surface area contributed by atoms with E-state index in [1.165, 1.54) is 11.1 Å². The molecule has 1 aromatic heterocycles. The van der Waals surface area contributed by atoms with Gasteiger partial charge in [0.1, 0.15) is 0 Å². The first-order valence-electron chi connectivity index (χ1n) is 10.1. The van der Waals surface area contributed by atoms with Crippen LogP contribution in [0.5, 0.6) is 0 Å². The van der Waals surface area contributed by atoms with E-state index in [1.54, 1.807) is 0 Å². The lowest BCUT2D eigenvalue weighted by Crippen LogP contribution is -2.38. The molecule has 5 nitrogen and oxygen atoms in total. The van der Waals surface area contributed by atoms with Crippen molar-refractivity contribution in [1.29, 1.82) is 0 Å². The number of rotatable bonds is 4. The van der Waals surface area contributed by atoms with Crippen LogP contribution < -0.4 is 10.2 Å². The average molecular weight is 386 g/mol. The predicted molar refractivity (Wildman–Crippen MR) is 117 cm³/mol. The molecule has 29 heavy (non-hydrogen) atoms. The van der Waals surface area contributed by atoms with E-state index in [2.05, 4.69) is 51.6 Å². The van der Waals surface area contributed by atoms with Crippen LogP contribution in [0.3, 0.4) is 0 Å². The molecule has 4 rings (SSSR count). The number of amides is 1. The number of aryl methyl sites for hydroxylation is 2. The van der Waals surface area contributed by atoms with Crippen molar-refractivity contribution in [3.8, 4) is 11.3 Å². The number of carbonyl (C=O) groups is 1. The average Bonchev–Trinajstić information content (AvgIpc) is 2.76. The van der Waals surface area contributed by atoms with Crippen LogP contribution in [0, 0.1) is 19.8 Å². The van der Waals surface area contributed by atoms with Crippen LogP contribution in [-0.4, -0.2) is 29.2 Å². The molecule has 0 saturated carbocycles. The fourth-order valence-electron chi connectivity index (χ4n) is 3.62. The standard InChI is InChI=1S/C24H26N4O/c1-17-3-7-19(8-4-17)22-11-12-23(27-26-22)28-15-13-20(14-16-28)24(29)25-21-9-5-18(2)6-10-21/h3-12,20H,13-16H2,1-2H3,(H,25,29). The number of anilines is 2. The first-order chi connectivity index (χ1) is 14.1. The van der Waals surface area contributed by atoms with Crippen LogP contribution in [0.4, 0.5) is 11.5 Å². The van der Waals surface area contributed by atoms with Crippen molar-refractivity contribution >= 4 is 17.4 Å². The van der Waals surface area contributed by atoms with E-state index in [0.29, 0.717) is 0 Å². The van der Waals surface area contributed by atoms with E-state index < -0.39 is 0 Å². The van der Waals surface area contributed by atoms with Crippen molar-refractivity contribution < 1.29 is 4.79 Å². The number of piperidine rings is 1. The summed E-state index contributed by atoms with van der Waals surface area (Å²) in [4.78, 5) is 14.8. The summed E-state index contributed by atoms with van der Waals surface area (Å²) in [5, 5.41) is 11.9. The van der Waals surface area contributed by atoms with Crippen LogP contribution in [0.25, 0.3) is 11.3 Å². The predicted octanol–water partition coefficient (Wildman–Crippen LogP) is 4.62. The second-order valence-corrected chi connectivity index (χ2v) is 7.76. The summed E-state index contributed by atoms with van der Waals surface area (Å²) in [6.07, 6.45) is 1.64. The maximum absolute atomic E-state index is 12.6. The molecule has 0 unspecified atom stereocenters. The van der Waals surface area contributed by atoms with Gasteiger partial charge in [0.2, 0.25) is 5.91 Å². The third-order valence-electron chi connectivity index (χ3n) is 5.51. The topological polar surface area (TPSA) is 58.1 Å². The lowest BCUT2D eigenvalue weighted by molar-refractivity contribution is -0.120. The summed E-state index contributed by atoms with van der Waals surface area (Å²) in [6, 6.07) is 20.3. The van der Waals surface area contributed by atoms with Gasteiger partial charge >= 0.3 is 0 Å². The quantitative estimate of drug-likeness (QED) is 0.711. The van der Waals surface area contributed by atoms with E-state index in [1.807, 2.05) is 43.3 Å². The van der Waals surface area contributed by atoms with Crippen LogP contribution in [-0.2, 0) is 4.79 Å². The highest BCUT2D eigenvalue weighted by atomic mass is 16.1.